The van der Waals surface area contributed by atoms with Gasteiger partial charge in [0.1, 0.15) is 5.60 Å². The van der Waals surface area contributed by atoms with E-state index in [4.69, 9.17) is 4.74 Å². The summed E-state index contributed by atoms with van der Waals surface area (Å²) in [5.41, 5.74) is -0.413. The Balaban J connectivity index is 3.35. The maximum Gasteiger partial charge on any atom is 0.407 e. The first-order chi connectivity index (χ1) is 7.31. The lowest BCUT2D eigenvalue weighted by Gasteiger charge is -2.19. The summed E-state index contributed by atoms with van der Waals surface area (Å²) in [4.78, 5) is 11.3. The van der Waals surface area contributed by atoms with E-state index in [9.17, 15) is 4.79 Å². The van der Waals surface area contributed by atoms with Crippen molar-refractivity contribution in [2.24, 2.45) is 0 Å². The van der Waals surface area contributed by atoms with Gasteiger partial charge in [-0.2, -0.15) is 0 Å². The lowest BCUT2D eigenvalue weighted by molar-refractivity contribution is 0.0527. The predicted octanol–water partition coefficient (Wildman–Crippen LogP) is 2.29. The van der Waals surface area contributed by atoms with E-state index >= 15 is 0 Å². The Kier molecular flexibility index (Phi) is 7.13. The van der Waals surface area contributed by atoms with Crippen molar-refractivity contribution in [1.82, 2.24) is 10.6 Å². The molecule has 0 radical (unpaired) electrons. The summed E-state index contributed by atoms with van der Waals surface area (Å²) in [6.07, 6.45) is 1.71. The van der Waals surface area contributed by atoms with Crippen molar-refractivity contribution < 1.29 is 9.53 Å². The maximum atomic E-state index is 11.3. The molecule has 96 valence electrons. The number of rotatable bonds is 6. The number of unbranched alkanes of at least 4 members (excludes halogenated alkanes) is 1. The zero-order valence-corrected chi connectivity index (χ0v) is 11.2. The monoisotopic (exact) mass is 230 g/mol. The molecular formula is C12H26N2O2. The van der Waals surface area contributed by atoms with Gasteiger partial charge in [0, 0.05) is 12.6 Å². The molecule has 0 saturated heterocycles. The van der Waals surface area contributed by atoms with Crippen LogP contribution in [-0.4, -0.2) is 30.8 Å². The van der Waals surface area contributed by atoms with Crippen molar-refractivity contribution in [2.75, 3.05) is 13.1 Å². The van der Waals surface area contributed by atoms with E-state index in [1.807, 2.05) is 20.8 Å². The third-order valence-corrected chi connectivity index (χ3v) is 1.82. The number of hydrogen-bond acceptors (Lipinski definition) is 3. The Morgan fingerprint density at radius 2 is 1.75 bits per heavy atom. The fourth-order valence-electron chi connectivity index (χ4n) is 1.15. The molecule has 0 aliphatic carbocycles. The van der Waals surface area contributed by atoms with Gasteiger partial charge in [-0.1, -0.05) is 13.8 Å². The number of nitrogens with one attached hydrogen (secondary N) is 2. The van der Waals surface area contributed by atoms with Crippen LogP contribution in [0.3, 0.4) is 0 Å². The molecule has 0 aromatic carbocycles. The van der Waals surface area contributed by atoms with E-state index in [2.05, 4.69) is 24.5 Å². The van der Waals surface area contributed by atoms with E-state index in [1.165, 1.54) is 0 Å². The Hall–Kier alpha value is -0.770. The minimum absolute atomic E-state index is 0.329. The summed E-state index contributed by atoms with van der Waals surface area (Å²) in [5, 5.41) is 6.07. The fraction of sp³-hybridized carbons (Fsp3) is 0.917. The molecule has 1 amide bonds. The Labute approximate surface area is 99.1 Å². The summed E-state index contributed by atoms with van der Waals surface area (Å²) in [7, 11) is 0. The molecule has 0 aliphatic heterocycles. The van der Waals surface area contributed by atoms with Crippen LogP contribution < -0.4 is 10.6 Å². The topological polar surface area (TPSA) is 50.4 Å². The second-order valence-corrected chi connectivity index (χ2v) is 5.24. The molecule has 0 rings (SSSR count). The molecule has 0 bridgehead atoms. The van der Waals surface area contributed by atoms with Crippen molar-refractivity contribution in [3.05, 3.63) is 0 Å². The summed E-state index contributed by atoms with van der Waals surface area (Å²) >= 11 is 0. The summed E-state index contributed by atoms with van der Waals surface area (Å²) in [6, 6.07) is 0.527. The normalized spacial score (nSPS) is 11.6. The highest BCUT2D eigenvalue weighted by atomic mass is 16.6. The number of carbonyl (C=O) groups excluding carboxylic acids is 1. The number of ether oxygens (including phenoxy) is 1. The number of alkyl carbamates (subject to hydrolysis) is 1. The van der Waals surface area contributed by atoms with E-state index in [0.29, 0.717) is 12.6 Å². The van der Waals surface area contributed by atoms with Crippen LogP contribution in [0.5, 0.6) is 0 Å². The van der Waals surface area contributed by atoms with E-state index in [-0.39, 0.29) is 6.09 Å². The van der Waals surface area contributed by atoms with E-state index in [1.54, 1.807) is 0 Å². The molecular weight excluding hydrogens is 204 g/mol. The molecule has 2 N–H and O–H groups in total. The average Bonchev–Trinajstić information content (AvgIpc) is 2.07. The largest absolute Gasteiger partial charge is 0.444 e. The van der Waals surface area contributed by atoms with Crippen molar-refractivity contribution >= 4 is 6.09 Å². The Bertz CT molecular complexity index is 198. The zero-order chi connectivity index (χ0) is 12.6. The molecule has 0 aromatic heterocycles. The Morgan fingerprint density at radius 3 is 2.25 bits per heavy atom. The number of carbonyl (C=O) groups is 1. The van der Waals surface area contributed by atoms with E-state index in [0.717, 1.165) is 19.4 Å². The first-order valence-electron chi connectivity index (χ1n) is 6.01. The molecule has 0 heterocycles. The molecule has 0 aliphatic rings. The quantitative estimate of drug-likeness (QED) is 0.688. The van der Waals surface area contributed by atoms with Crippen molar-refractivity contribution in [1.29, 1.82) is 0 Å². The molecule has 4 heteroatoms. The highest BCUT2D eigenvalue weighted by molar-refractivity contribution is 5.67. The molecule has 0 unspecified atom stereocenters. The molecule has 0 saturated carbocycles. The van der Waals surface area contributed by atoms with Gasteiger partial charge < -0.3 is 15.4 Å². The summed E-state index contributed by atoms with van der Waals surface area (Å²) in [5.74, 6) is 0. The lowest BCUT2D eigenvalue weighted by atomic mass is 10.2. The van der Waals surface area contributed by atoms with Gasteiger partial charge in [-0.15, -0.1) is 0 Å². The molecule has 4 nitrogen and oxygen atoms in total. The van der Waals surface area contributed by atoms with Crippen LogP contribution in [0.1, 0.15) is 47.5 Å². The second kappa shape index (κ2) is 7.49. The van der Waals surface area contributed by atoms with Gasteiger partial charge in [-0.25, -0.2) is 4.79 Å². The first-order valence-corrected chi connectivity index (χ1v) is 6.01. The van der Waals surface area contributed by atoms with Gasteiger partial charge in [0.25, 0.3) is 0 Å². The third-order valence-electron chi connectivity index (χ3n) is 1.82. The van der Waals surface area contributed by atoms with Crippen LogP contribution in [0.2, 0.25) is 0 Å². The zero-order valence-electron chi connectivity index (χ0n) is 11.2. The molecule has 0 spiro atoms. The van der Waals surface area contributed by atoms with Crippen molar-refractivity contribution in [3.63, 3.8) is 0 Å². The van der Waals surface area contributed by atoms with Gasteiger partial charge in [0.15, 0.2) is 0 Å². The highest BCUT2D eigenvalue weighted by Gasteiger charge is 2.15. The minimum atomic E-state index is -0.413. The van der Waals surface area contributed by atoms with Gasteiger partial charge >= 0.3 is 6.09 Å². The van der Waals surface area contributed by atoms with Crippen LogP contribution in [0.25, 0.3) is 0 Å². The minimum Gasteiger partial charge on any atom is -0.444 e. The van der Waals surface area contributed by atoms with Gasteiger partial charge in [0.05, 0.1) is 0 Å². The summed E-state index contributed by atoms with van der Waals surface area (Å²) in [6.45, 7) is 11.5. The van der Waals surface area contributed by atoms with Crippen LogP contribution in [-0.2, 0) is 4.74 Å². The second-order valence-electron chi connectivity index (χ2n) is 5.24. The van der Waals surface area contributed by atoms with Crippen LogP contribution in [0, 0.1) is 0 Å². The molecule has 0 fully saturated rings. The molecule has 0 atom stereocenters. The van der Waals surface area contributed by atoms with Crippen molar-refractivity contribution in [3.8, 4) is 0 Å². The smallest absolute Gasteiger partial charge is 0.407 e. The van der Waals surface area contributed by atoms with Crippen LogP contribution >= 0.6 is 0 Å². The van der Waals surface area contributed by atoms with E-state index < -0.39 is 5.60 Å². The number of amides is 1. The lowest BCUT2D eigenvalue weighted by Crippen LogP contribution is -2.33. The highest BCUT2D eigenvalue weighted by Crippen LogP contribution is 2.06. The van der Waals surface area contributed by atoms with Gasteiger partial charge in [0.2, 0.25) is 0 Å². The average molecular weight is 230 g/mol. The fourth-order valence-corrected chi connectivity index (χ4v) is 1.15. The third kappa shape index (κ3) is 11.3. The van der Waals surface area contributed by atoms with Gasteiger partial charge in [-0.05, 0) is 40.2 Å². The SMILES string of the molecule is CC(C)NCCCCNC(=O)OC(C)(C)C. The number of hydrogen-bond donors (Lipinski definition) is 2. The van der Waals surface area contributed by atoms with Gasteiger partial charge in [-0.3, -0.25) is 0 Å². The van der Waals surface area contributed by atoms with Crippen molar-refractivity contribution in [2.45, 2.75) is 59.1 Å². The molecule has 16 heavy (non-hydrogen) atoms. The van der Waals surface area contributed by atoms with Crippen LogP contribution in [0.4, 0.5) is 4.79 Å². The standard InChI is InChI=1S/C12H26N2O2/c1-10(2)13-8-6-7-9-14-11(15)16-12(3,4)5/h10,13H,6-9H2,1-5H3,(H,14,15). The summed E-state index contributed by atoms with van der Waals surface area (Å²) < 4.78 is 5.12. The first kappa shape index (κ1) is 15.2. The predicted molar refractivity (Wildman–Crippen MR) is 66.6 cm³/mol. The maximum absolute atomic E-state index is 11.3. The van der Waals surface area contributed by atoms with Crippen LogP contribution in [0.15, 0.2) is 0 Å². The molecule has 0 aromatic rings. The Morgan fingerprint density at radius 1 is 1.19 bits per heavy atom.